The van der Waals surface area contributed by atoms with Crippen molar-refractivity contribution < 1.29 is 4.74 Å². The van der Waals surface area contributed by atoms with Crippen molar-refractivity contribution in [3.8, 4) is 5.75 Å². The fourth-order valence-electron chi connectivity index (χ4n) is 4.57. The Morgan fingerprint density at radius 1 is 0.593 bits per heavy atom. The molecular formula is C25H29BO. The fourth-order valence-corrected chi connectivity index (χ4v) is 4.57. The number of methoxy groups -OCH3 is 1. The monoisotopic (exact) mass is 356 g/mol. The lowest BCUT2D eigenvalue weighted by Crippen LogP contribution is -2.55. The van der Waals surface area contributed by atoms with Crippen LogP contribution >= 0.6 is 0 Å². The molecule has 0 N–H and O–H groups in total. The molecule has 0 aliphatic carbocycles. The van der Waals surface area contributed by atoms with Crippen LogP contribution in [0.4, 0.5) is 0 Å². The Hall–Kier alpha value is -2.48. The average molecular weight is 356 g/mol. The molecule has 138 valence electrons. The first-order valence-corrected chi connectivity index (χ1v) is 9.61. The number of benzene rings is 3. The lowest BCUT2D eigenvalue weighted by atomic mass is 9.34. The Morgan fingerprint density at radius 2 is 0.963 bits per heavy atom. The van der Waals surface area contributed by atoms with Crippen molar-refractivity contribution in [1.82, 2.24) is 0 Å². The van der Waals surface area contributed by atoms with Gasteiger partial charge in [0.15, 0.2) is 0 Å². The minimum Gasteiger partial charge on any atom is -0.497 e. The zero-order valence-electron chi connectivity index (χ0n) is 17.6. The molecule has 0 fully saturated rings. The van der Waals surface area contributed by atoms with Crippen LogP contribution in [0.1, 0.15) is 33.4 Å². The van der Waals surface area contributed by atoms with Crippen LogP contribution in [0.5, 0.6) is 5.75 Å². The lowest BCUT2D eigenvalue weighted by Gasteiger charge is -2.24. The summed E-state index contributed by atoms with van der Waals surface area (Å²) in [5, 5.41) is 0. The van der Waals surface area contributed by atoms with Gasteiger partial charge in [0.05, 0.1) is 7.11 Å². The Kier molecular flexibility index (Phi) is 5.46. The minimum atomic E-state index is 0.220. The quantitative estimate of drug-likeness (QED) is 0.641. The van der Waals surface area contributed by atoms with Gasteiger partial charge in [-0.1, -0.05) is 86.2 Å². The SMILES string of the molecule is COc1ccc(B(c2c(C)cc(C)cc2C)c2c(C)cc(C)cc2C)cc1. The molecule has 1 nitrogen and oxygen atoms in total. The van der Waals surface area contributed by atoms with Gasteiger partial charge in [-0.25, -0.2) is 0 Å². The smallest absolute Gasteiger partial charge is 0.242 e. The molecule has 3 aromatic rings. The predicted octanol–water partition coefficient (Wildman–Crippen LogP) is 4.06. The zero-order valence-corrected chi connectivity index (χ0v) is 17.6. The summed E-state index contributed by atoms with van der Waals surface area (Å²) in [6, 6.07) is 17.8. The first kappa shape index (κ1) is 19.3. The van der Waals surface area contributed by atoms with E-state index >= 15 is 0 Å². The van der Waals surface area contributed by atoms with E-state index in [-0.39, 0.29) is 6.71 Å². The third kappa shape index (κ3) is 3.80. The van der Waals surface area contributed by atoms with Crippen LogP contribution < -0.4 is 21.1 Å². The molecule has 2 heteroatoms. The van der Waals surface area contributed by atoms with Gasteiger partial charge < -0.3 is 4.74 Å². The highest BCUT2D eigenvalue weighted by atomic mass is 16.5. The molecule has 0 amide bonds. The molecule has 27 heavy (non-hydrogen) atoms. The number of hydrogen-bond donors (Lipinski definition) is 0. The summed E-state index contributed by atoms with van der Waals surface area (Å²) < 4.78 is 5.39. The van der Waals surface area contributed by atoms with Crippen LogP contribution in [0.3, 0.4) is 0 Å². The molecule has 3 aromatic carbocycles. The Bertz CT molecular complexity index is 867. The van der Waals surface area contributed by atoms with Crippen LogP contribution in [0, 0.1) is 41.5 Å². The van der Waals surface area contributed by atoms with Gasteiger partial charge in [-0.3, -0.25) is 0 Å². The van der Waals surface area contributed by atoms with Gasteiger partial charge >= 0.3 is 0 Å². The first-order valence-electron chi connectivity index (χ1n) is 9.61. The van der Waals surface area contributed by atoms with Gasteiger partial charge in [-0.2, -0.15) is 0 Å². The summed E-state index contributed by atoms with van der Waals surface area (Å²) in [6.07, 6.45) is 0. The van der Waals surface area contributed by atoms with Crippen LogP contribution in [0.15, 0.2) is 48.5 Å². The second kappa shape index (κ2) is 7.64. The molecule has 0 bridgehead atoms. The van der Waals surface area contributed by atoms with Gasteiger partial charge in [0, 0.05) is 0 Å². The molecule has 3 rings (SSSR count). The van der Waals surface area contributed by atoms with Crippen molar-refractivity contribution in [3.05, 3.63) is 81.9 Å². The first-order chi connectivity index (χ1) is 12.8. The Labute approximate surface area is 164 Å². The van der Waals surface area contributed by atoms with Crippen LogP contribution in [-0.2, 0) is 0 Å². The van der Waals surface area contributed by atoms with Crippen molar-refractivity contribution in [1.29, 1.82) is 0 Å². The Balaban J connectivity index is 2.31. The molecule has 0 spiro atoms. The molecule has 0 aliphatic rings. The van der Waals surface area contributed by atoms with Crippen molar-refractivity contribution in [3.63, 3.8) is 0 Å². The molecule has 0 aromatic heterocycles. The van der Waals surface area contributed by atoms with E-state index in [9.17, 15) is 0 Å². The standard InChI is InChI=1S/C25H29BO/c1-16-12-18(3)24(19(4)13-16)26(22-8-10-23(27-7)11-9-22)25-20(5)14-17(2)15-21(25)6/h8-15H,1-7H3. The Morgan fingerprint density at radius 3 is 1.30 bits per heavy atom. The average Bonchev–Trinajstić information content (AvgIpc) is 2.59. The normalized spacial score (nSPS) is 10.8. The van der Waals surface area contributed by atoms with Gasteiger partial charge in [-0.05, 0) is 53.7 Å². The van der Waals surface area contributed by atoms with E-state index in [0.717, 1.165) is 5.75 Å². The zero-order chi connectivity index (χ0) is 19.7. The predicted molar refractivity (Wildman–Crippen MR) is 119 cm³/mol. The van der Waals surface area contributed by atoms with Crippen LogP contribution in [0.25, 0.3) is 0 Å². The van der Waals surface area contributed by atoms with Crippen LogP contribution in [0.2, 0.25) is 0 Å². The molecular weight excluding hydrogens is 327 g/mol. The molecule has 0 heterocycles. The third-order valence-corrected chi connectivity index (χ3v) is 5.50. The van der Waals surface area contributed by atoms with Crippen molar-refractivity contribution in [2.75, 3.05) is 7.11 Å². The van der Waals surface area contributed by atoms with E-state index < -0.39 is 0 Å². The number of aryl methyl sites for hydroxylation is 6. The van der Waals surface area contributed by atoms with Gasteiger partial charge in [-0.15, -0.1) is 0 Å². The second-order valence-corrected chi connectivity index (χ2v) is 7.83. The maximum Gasteiger partial charge on any atom is 0.242 e. The largest absolute Gasteiger partial charge is 0.497 e. The molecule has 0 unspecified atom stereocenters. The molecule has 0 saturated heterocycles. The van der Waals surface area contributed by atoms with Crippen molar-refractivity contribution >= 4 is 23.1 Å². The van der Waals surface area contributed by atoms with E-state index in [1.54, 1.807) is 7.11 Å². The van der Waals surface area contributed by atoms with E-state index in [1.807, 2.05) is 0 Å². The minimum absolute atomic E-state index is 0.220. The summed E-state index contributed by atoms with van der Waals surface area (Å²) in [5.74, 6) is 0.896. The topological polar surface area (TPSA) is 9.23 Å². The number of rotatable bonds is 4. The maximum absolute atomic E-state index is 5.39. The summed E-state index contributed by atoms with van der Waals surface area (Å²) in [4.78, 5) is 0. The second-order valence-electron chi connectivity index (χ2n) is 7.83. The van der Waals surface area contributed by atoms with E-state index in [0.29, 0.717) is 0 Å². The fraction of sp³-hybridized carbons (Fsp3) is 0.280. The molecule has 0 radical (unpaired) electrons. The molecule has 0 atom stereocenters. The highest BCUT2D eigenvalue weighted by Gasteiger charge is 2.28. The third-order valence-electron chi connectivity index (χ3n) is 5.50. The van der Waals surface area contributed by atoms with Gasteiger partial charge in [0.2, 0.25) is 6.71 Å². The summed E-state index contributed by atoms with van der Waals surface area (Å²) >= 11 is 0. The molecule has 0 aliphatic heterocycles. The highest BCUT2D eigenvalue weighted by molar-refractivity contribution is 6.96. The highest BCUT2D eigenvalue weighted by Crippen LogP contribution is 2.14. The summed E-state index contributed by atoms with van der Waals surface area (Å²) in [7, 11) is 1.72. The van der Waals surface area contributed by atoms with Crippen molar-refractivity contribution in [2.45, 2.75) is 41.5 Å². The van der Waals surface area contributed by atoms with Crippen LogP contribution in [-0.4, -0.2) is 13.8 Å². The summed E-state index contributed by atoms with van der Waals surface area (Å²) in [6.45, 7) is 13.5. The van der Waals surface area contributed by atoms with E-state index in [1.165, 1.54) is 49.8 Å². The maximum atomic E-state index is 5.39. The lowest BCUT2D eigenvalue weighted by molar-refractivity contribution is 0.415. The molecule has 0 saturated carbocycles. The number of hydrogen-bond acceptors (Lipinski definition) is 1. The van der Waals surface area contributed by atoms with Gasteiger partial charge in [0.25, 0.3) is 0 Å². The van der Waals surface area contributed by atoms with Gasteiger partial charge in [0.1, 0.15) is 5.75 Å². The number of ether oxygens (including phenoxy) is 1. The summed E-state index contributed by atoms with van der Waals surface area (Å²) in [5.41, 5.74) is 12.2. The van der Waals surface area contributed by atoms with E-state index in [4.69, 9.17) is 4.74 Å². The van der Waals surface area contributed by atoms with Crippen molar-refractivity contribution in [2.24, 2.45) is 0 Å². The van der Waals surface area contributed by atoms with E-state index in [2.05, 4.69) is 90.1 Å².